The largest absolute Gasteiger partial charge is 0.506 e. The SMILES string of the molecule is CCN(CC)S(=O)(=O)c1ccc(O)c(NC(=O)c2cc(C(C)C)nc3c2c(C)nn3C)c1. The monoisotopic (exact) mass is 459 g/mol. The van der Waals surface area contributed by atoms with Gasteiger partial charge in [0.15, 0.2) is 5.65 Å². The second-order valence-corrected chi connectivity index (χ2v) is 9.82. The molecule has 0 fully saturated rings. The number of nitrogens with zero attached hydrogens (tertiary/aromatic N) is 4. The lowest BCUT2D eigenvalue weighted by Gasteiger charge is -2.19. The van der Waals surface area contributed by atoms with E-state index in [9.17, 15) is 18.3 Å². The molecule has 3 rings (SSSR count). The van der Waals surface area contributed by atoms with Crippen LogP contribution in [0, 0.1) is 6.92 Å². The minimum atomic E-state index is -3.75. The van der Waals surface area contributed by atoms with E-state index in [-0.39, 0.29) is 22.3 Å². The highest BCUT2D eigenvalue weighted by atomic mass is 32.2. The van der Waals surface area contributed by atoms with Gasteiger partial charge in [-0.25, -0.2) is 13.4 Å². The first-order chi connectivity index (χ1) is 15.0. The smallest absolute Gasteiger partial charge is 0.256 e. The molecule has 32 heavy (non-hydrogen) atoms. The second kappa shape index (κ2) is 8.87. The standard InChI is InChI=1S/C22H29N5O4S/c1-7-27(8-2)32(30,31)15-9-10-19(28)18(11-15)24-22(29)16-12-17(13(3)4)23-21-20(16)14(5)25-26(21)6/h9-13,28H,7-8H2,1-6H3,(H,24,29). The van der Waals surface area contributed by atoms with Crippen LogP contribution in [0.15, 0.2) is 29.2 Å². The van der Waals surface area contributed by atoms with Gasteiger partial charge in [0.25, 0.3) is 5.91 Å². The predicted molar refractivity (Wildman–Crippen MR) is 124 cm³/mol. The van der Waals surface area contributed by atoms with Gasteiger partial charge in [-0.15, -0.1) is 0 Å². The Morgan fingerprint density at radius 2 is 1.88 bits per heavy atom. The maximum Gasteiger partial charge on any atom is 0.256 e. The fourth-order valence-electron chi connectivity index (χ4n) is 3.62. The Kier molecular flexibility index (Phi) is 6.56. The molecule has 0 saturated heterocycles. The number of benzene rings is 1. The van der Waals surface area contributed by atoms with Gasteiger partial charge in [0.1, 0.15) is 5.75 Å². The van der Waals surface area contributed by atoms with E-state index in [0.717, 1.165) is 5.69 Å². The number of sulfonamides is 1. The molecule has 0 aliphatic heterocycles. The summed E-state index contributed by atoms with van der Waals surface area (Å²) < 4.78 is 28.7. The van der Waals surface area contributed by atoms with Crippen LogP contribution >= 0.6 is 0 Å². The number of pyridine rings is 1. The van der Waals surface area contributed by atoms with Crippen molar-refractivity contribution in [2.45, 2.75) is 45.4 Å². The van der Waals surface area contributed by atoms with Crippen LogP contribution in [0.25, 0.3) is 11.0 Å². The number of aromatic nitrogens is 3. The summed E-state index contributed by atoms with van der Waals surface area (Å²) in [5.41, 5.74) is 2.34. The lowest BCUT2D eigenvalue weighted by molar-refractivity contribution is 0.102. The fourth-order valence-corrected chi connectivity index (χ4v) is 5.10. The number of hydrogen-bond acceptors (Lipinski definition) is 6. The molecule has 0 atom stereocenters. The molecular weight excluding hydrogens is 430 g/mol. The van der Waals surface area contributed by atoms with Crippen molar-refractivity contribution < 1.29 is 18.3 Å². The van der Waals surface area contributed by atoms with Gasteiger partial charge < -0.3 is 10.4 Å². The Morgan fingerprint density at radius 3 is 2.47 bits per heavy atom. The minimum absolute atomic E-state index is 0.00500. The van der Waals surface area contributed by atoms with E-state index >= 15 is 0 Å². The molecule has 0 aliphatic rings. The predicted octanol–water partition coefficient (Wildman–Crippen LogP) is 3.39. The number of anilines is 1. The van der Waals surface area contributed by atoms with Crippen LogP contribution in [0.1, 0.15) is 55.4 Å². The molecule has 1 aromatic carbocycles. The van der Waals surface area contributed by atoms with Crippen molar-refractivity contribution in [3.05, 3.63) is 41.2 Å². The lowest BCUT2D eigenvalue weighted by atomic mass is 10.0. The first-order valence-corrected chi connectivity index (χ1v) is 11.9. The lowest BCUT2D eigenvalue weighted by Crippen LogP contribution is -2.30. The molecule has 172 valence electrons. The number of hydrogen-bond donors (Lipinski definition) is 2. The number of rotatable bonds is 7. The summed E-state index contributed by atoms with van der Waals surface area (Å²) in [5.74, 6) is -0.630. The van der Waals surface area contributed by atoms with Gasteiger partial charge in [0, 0.05) is 25.8 Å². The first-order valence-electron chi connectivity index (χ1n) is 10.5. The number of carbonyl (C=O) groups is 1. The van der Waals surface area contributed by atoms with Crippen molar-refractivity contribution >= 4 is 32.7 Å². The number of nitrogens with one attached hydrogen (secondary N) is 1. The molecule has 3 aromatic rings. The van der Waals surface area contributed by atoms with Gasteiger partial charge >= 0.3 is 0 Å². The van der Waals surface area contributed by atoms with Crippen LogP contribution in [-0.4, -0.2) is 51.6 Å². The number of aromatic hydroxyl groups is 1. The molecule has 0 radical (unpaired) electrons. The third-order valence-electron chi connectivity index (χ3n) is 5.38. The fraction of sp³-hybridized carbons (Fsp3) is 0.409. The molecule has 0 saturated carbocycles. The van der Waals surface area contributed by atoms with Crippen molar-refractivity contribution in [3.8, 4) is 5.75 Å². The average molecular weight is 460 g/mol. The molecule has 2 heterocycles. The topological polar surface area (TPSA) is 117 Å². The number of aryl methyl sites for hydroxylation is 2. The van der Waals surface area contributed by atoms with Gasteiger partial charge in [0.2, 0.25) is 10.0 Å². The minimum Gasteiger partial charge on any atom is -0.506 e. The molecule has 0 spiro atoms. The van der Waals surface area contributed by atoms with Crippen LogP contribution in [0.3, 0.4) is 0 Å². The van der Waals surface area contributed by atoms with Gasteiger partial charge in [-0.05, 0) is 37.1 Å². The summed E-state index contributed by atoms with van der Waals surface area (Å²) in [6.45, 7) is 9.88. The van der Waals surface area contributed by atoms with Gasteiger partial charge in [-0.2, -0.15) is 9.40 Å². The highest BCUT2D eigenvalue weighted by molar-refractivity contribution is 7.89. The molecule has 0 aliphatic carbocycles. The van der Waals surface area contributed by atoms with E-state index in [4.69, 9.17) is 0 Å². The number of phenolic OH excluding ortho intramolecular Hbond substituents is 1. The number of amides is 1. The molecular formula is C22H29N5O4S. The maximum atomic E-state index is 13.3. The van der Waals surface area contributed by atoms with Crippen LogP contribution < -0.4 is 5.32 Å². The zero-order valence-corrected chi connectivity index (χ0v) is 20.0. The van der Waals surface area contributed by atoms with Gasteiger partial charge in [-0.1, -0.05) is 27.7 Å². The average Bonchev–Trinajstić information content (AvgIpc) is 3.03. The Hall–Kier alpha value is -2.98. The Balaban J connectivity index is 2.07. The molecule has 0 unspecified atom stereocenters. The second-order valence-electron chi connectivity index (χ2n) is 7.88. The third kappa shape index (κ3) is 4.20. The molecule has 10 heteroatoms. The Morgan fingerprint density at radius 1 is 1.22 bits per heavy atom. The molecule has 2 aromatic heterocycles. The van der Waals surface area contributed by atoms with E-state index in [2.05, 4.69) is 15.4 Å². The summed E-state index contributed by atoms with van der Waals surface area (Å²) in [4.78, 5) is 17.9. The van der Waals surface area contributed by atoms with E-state index in [1.54, 1.807) is 38.6 Å². The summed E-state index contributed by atoms with van der Waals surface area (Å²) in [5, 5.41) is 18.0. The quantitative estimate of drug-likeness (QED) is 0.523. The first kappa shape index (κ1) is 23.7. The van der Waals surface area contributed by atoms with Gasteiger partial charge in [0.05, 0.1) is 27.2 Å². The third-order valence-corrected chi connectivity index (χ3v) is 7.43. The molecule has 0 bridgehead atoms. The van der Waals surface area contributed by atoms with Crippen molar-refractivity contribution in [2.75, 3.05) is 18.4 Å². The van der Waals surface area contributed by atoms with Crippen LogP contribution in [0.4, 0.5) is 5.69 Å². The summed E-state index contributed by atoms with van der Waals surface area (Å²) in [7, 11) is -1.98. The number of phenols is 1. The normalized spacial score (nSPS) is 12.1. The van der Waals surface area contributed by atoms with Crippen molar-refractivity contribution in [1.82, 2.24) is 19.1 Å². The maximum absolute atomic E-state index is 13.3. The Labute approximate surface area is 188 Å². The van der Waals surface area contributed by atoms with Gasteiger partial charge in [-0.3, -0.25) is 9.48 Å². The van der Waals surface area contributed by atoms with E-state index in [1.807, 2.05) is 13.8 Å². The zero-order chi connectivity index (χ0) is 23.8. The van der Waals surface area contributed by atoms with Crippen molar-refractivity contribution in [1.29, 1.82) is 0 Å². The number of fused-ring (bicyclic) bond motifs is 1. The summed E-state index contributed by atoms with van der Waals surface area (Å²) in [6.07, 6.45) is 0. The zero-order valence-electron chi connectivity index (χ0n) is 19.2. The van der Waals surface area contributed by atoms with Crippen molar-refractivity contribution in [2.24, 2.45) is 7.05 Å². The van der Waals surface area contributed by atoms with E-state index in [0.29, 0.717) is 35.4 Å². The summed E-state index contributed by atoms with van der Waals surface area (Å²) in [6, 6.07) is 5.58. The molecule has 2 N–H and O–H groups in total. The highest BCUT2D eigenvalue weighted by Crippen LogP contribution is 2.30. The molecule has 1 amide bonds. The van der Waals surface area contributed by atoms with Crippen LogP contribution in [-0.2, 0) is 17.1 Å². The van der Waals surface area contributed by atoms with Crippen LogP contribution in [0.5, 0.6) is 5.75 Å². The van der Waals surface area contributed by atoms with E-state index in [1.165, 1.54) is 22.5 Å². The van der Waals surface area contributed by atoms with E-state index < -0.39 is 15.9 Å². The van der Waals surface area contributed by atoms with Crippen LogP contribution in [0.2, 0.25) is 0 Å². The Bertz CT molecular complexity index is 1280. The highest BCUT2D eigenvalue weighted by Gasteiger charge is 2.24. The summed E-state index contributed by atoms with van der Waals surface area (Å²) >= 11 is 0. The van der Waals surface area contributed by atoms with Crippen molar-refractivity contribution in [3.63, 3.8) is 0 Å². The number of carbonyl (C=O) groups excluding carboxylic acids is 1. The molecule has 9 nitrogen and oxygen atoms in total.